The second-order valence-electron chi connectivity index (χ2n) is 6.79. The zero-order chi connectivity index (χ0) is 33.5. The summed E-state index contributed by atoms with van der Waals surface area (Å²) in [5.41, 5.74) is -1.12. The number of sulfonamides is 1. The minimum absolute atomic E-state index is 0.0877. The van der Waals surface area contributed by atoms with E-state index in [0.29, 0.717) is 11.8 Å². The van der Waals surface area contributed by atoms with Gasteiger partial charge in [0.15, 0.2) is 0 Å². The van der Waals surface area contributed by atoms with Gasteiger partial charge < -0.3 is 9.80 Å². The topological polar surface area (TPSA) is 43.9 Å². The molecule has 0 N–H and O–H groups in total. The van der Waals surface area contributed by atoms with Gasteiger partial charge in [-0.2, -0.15) is 0 Å². The van der Waals surface area contributed by atoms with Gasteiger partial charge >= 0.3 is 0 Å². The lowest BCUT2D eigenvalue weighted by molar-refractivity contribution is 0.156. The van der Waals surface area contributed by atoms with E-state index in [4.69, 9.17) is 19.2 Å². The fraction of sp³-hybridized carbons (Fsp3) is 0.391. The maximum absolute atomic E-state index is 13.2. The number of rotatable bonds is 5. The first-order valence-corrected chi connectivity index (χ1v) is 11.3. The van der Waals surface area contributed by atoms with Crippen LogP contribution in [0.2, 0.25) is 0 Å². The highest BCUT2D eigenvalue weighted by Gasteiger charge is 2.25. The third-order valence-corrected chi connectivity index (χ3v) is 7.31. The smallest absolute Gasteiger partial charge is 0.242 e. The standard InChI is InChI=1S/C23H29N3O2S2/c1-24(2)30(27,28)18-10-11-23-21(17-18)19(20-7-4-5-9-22(20)29-23)8-6-12-26-15-13-25(3)14-16-26/h4-5,7-11,17H,6,12-16H2,1-3H3/b19-8-/i3D3,4D,5D,6D2,7D,9D,10D,11D,12D2,17D. The Kier molecular flexibility index (Phi) is 3.04. The van der Waals surface area contributed by atoms with E-state index in [1.165, 1.54) is 0 Å². The normalized spacial score (nSPS) is 27.2. The van der Waals surface area contributed by atoms with Gasteiger partial charge in [-0.05, 0) is 54.2 Å². The zero-order valence-corrected chi connectivity index (χ0v) is 18.0. The van der Waals surface area contributed by atoms with Crippen molar-refractivity contribution in [2.75, 3.05) is 53.7 Å². The molecule has 2 aromatic rings. The number of likely N-dealkylation sites (N-methyl/N-ethyl adjacent to an activating group) is 1. The van der Waals surface area contributed by atoms with E-state index in [0.717, 1.165) is 34.3 Å². The number of hydrogen-bond acceptors (Lipinski definition) is 5. The van der Waals surface area contributed by atoms with Gasteiger partial charge in [-0.15, -0.1) is 0 Å². The van der Waals surface area contributed by atoms with Gasteiger partial charge in [-0.25, -0.2) is 12.7 Å². The molecule has 4 rings (SSSR count). The van der Waals surface area contributed by atoms with E-state index in [1.807, 2.05) is 0 Å². The van der Waals surface area contributed by atoms with Crippen LogP contribution in [0.15, 0.2) is 63.1 Å². The predicted octanol–water partition coefficient (Wildman–Crippen LogP) is 3.47. The molecule has 0 aromatic heterocycles. The van der Waals surface area contributed by atoms with Crippen LogP contribution in [0.25, 0.3) is 5.57 Å². The van der Waals surface area contributed by atoms with Crippen molar-refractivity contribution in [1.82, 2.24) is 14.1 Å². The van der Waals surface area contributed by atoms with E-state index >= 15 is 0 Å². The minimum Gasteiger partial charge on any atom is -0.304 e. The van der Waals surface area contributed by atoms with Crippen molar-refractivity contribution >= 4 is 27.4 Å². The van der Waals surface area contributed by atoms with Gasteiger partial charge in [-0.1, -0.05) is 36.0 Å². The number of benzene rings is 2. The third-order valence-electron chi connectivity index (χ3n) is 4.61. The average molecular weight is 458 g/mol. The van der Waals surface area contributed by atoms with Crippen molar-refractivity contribution in [3.05, 3.63) is 59.5 Å². The molecule has 0 saturated carbocycles. The maximum atomic E-state index is 13.2. The Balaban J connectivity index is 2.03. The highest BCUT2D eigenvalue weighted by atomic mass is 32.2. The van der Waals surface area contributed by atoms with Crippen molar-refractivity contribution in [3.8, 4) is 0 Å². The van der Waals surface area contributed by atoms with Crippen LogP contribution in [0.5, 0.6) is 0 Å². The van der Waals surface area contributed by atoms with Gasteiger partial charge in [0.1, 0.15) is 0 Å². The van der Waals surface area contributed by atoms with E-state index in [9.17, 15) is 8.42 Å². The first-order valence-electron chi connectivity index (χ1n) is 16.1. The summed E-state index contributed by atoms with van der Waals surface area (Å²) in [5, 5.41) is 0. The summed E-state index contributed by atoms with van der Waals surface area (Å²) < 4.78 is 145. The molecule has 7 heteroatoms. The molecule has 30 heavy (non-hydrogen) atoms. The molecule has 0 amide bonds. The molecule has 0 radical (unpaired) electrons. The van der Waals surface area contributed by atoms with E-state index in [-0.39, 0.29) is 47.1 Å². The average Bonchev–Trinajstić information content (AvgIpc) is 2.92. The fourth-order valence-electron chi connectivity index (χ4n) is 2.91. The predicted molar refractivity (Wildman–Crippen MR) is 124 cm³/mol. The van der Waals surface area contributed by atoms with E-state index in [2.05, 4.69) is 0 Å². The molecule has 160 valence electrons. The van der Waals surface area contributed by atoms with Gasteiger partial charge in [0.05, 0.1) is 14.5 Å². The minimum atomic E-state index is -4.51. The first-order chi connectivity index (χ1) is 20.0. The Labute approximate surface area is 204 Å². The summed E-state index contributed by atoms with van der Waals surface area (Å²) in [6, 6.07) is -4.85. The van der Waals surface area contributed by atoms with Crippen molar-refractivity contribution in [1.29, 1.82) is 0 Å². The van der Waals surface area contributed by atoms with Gasteiger partial charge in [0, 0.05) is 66.2 Å². The van der Waals surface area contributed by atoms with Crippen LogP contribution in [0.1, 0.15) is 36.7 Å². The molecule has 0 atom stereocenters. The SMILES string of the molecule is [2H]c1c([2H])c([2H])c2c(c1[2H])Sc1c([2H])c([2H])c(S(=O)(=O)N(C)C)c([2H])c1/C2=C\C([2H])([2H])C([2H])([2H])N1CCN(C([2H])([2H])[2H])CC1. The van der Waals surface area contributed by atoms with Crippen molar-refractivity contribution < 1.29 is 27.6 Å². The van der Waals surface area contributed by atoms with Crippen molar-refractivity contribution in [3.63, 3.8) is 0 Å². The van der Waals surface area contributed by atoms with Crippen LogP contribution in [-0.2, 0) is 10.0 Å². The molecule has 0 aliphatic carbocycles. The van der Waals surface area contributed by atoms with Gasteiger partial charge in [-0.3, -0.25) is 0 Å². The molecule has 0 bridgehead atoms. The Morgan fingerprint density at radius 2 is 1.87 bits per heavy atom. The Morgan fingerprint density at radius 1 is 1.13 bits per heavy atom. The lowest BCUT2D eigenvalue weighted by Gasteiger charge is -2.32. The number of hydrogen-bond donors (Lipinski definition) is 0. The van der Waals surface area contributed by atoms with Crippen LogP contribution in [0.4, 0.5) is 0 Å². The summed E-state index contributed by atoms with van der Waals surface area (Å²) >= 11 is 0.624. The Hall–Kier alpha value is -1.64. The van der Waals surface area contributed by atoms with Crippen LogP contribution in [0.3, 0.4) is 0 Å². The maximum Gasteiger partial charge on any atom is 0.242 e. The Morgan fingerprint density at radius 3 is 2.60 bits per heavy atom. The van der Waals surface area contributed by atoms with Crippen LogP contribution in [-0.4, -0.2) is 76.3 Å². The summed E-state index contributed by atoms with van der Waals surface area (Å²) in [7, 11) is -2.19. The molecule has 0 spiro atoms. The number of nitrogens with zero attached hydrogens (tertiary/aromatic N) is 3. The fourth-order valence-corrected chi connectivity index (χ4v) is 4.62. The van der Waals surface area contributed by atoms with Crippen LogP contribution < -0.4 is 0 Å². The highest BCUT2D eigenvalue weighted by molar-refractivity contribution is 7.99. The number of piperazine rings is 1. The number of fused-ring (bicyclic) bond motifs is 2. The monoisotopic (exact) mass is 457 g/mol. The third kappa shape index (κ3) is 4.36. The van der Waals surface area contributed by atoms with Gasteiger partial charge in [0.25, 0.3) is 0 Å². The van der Waals surface area contributed by atoms with Crippen molar-refractivity contribution in [2.24, 2.45) is 0 Å². The molecular weight excluding hydrogens is 414 g/mol. The van der Waals surface area contributed by atoms with E-state index in [1.54, 1.807) is 0 Å². The largest absolute Gasteiger partial charge is 0.304 e. The molecule has 0 unspecified atom stereocenters. The first kappa shape index (κ1) is 10.3. The summed E-state index contributed by atoms with van der Waals surface area (Å²) in [6.07, 6.45) is -2.25. The summed E-state index contributed by atoms with van der Waals surface area (Å²) in [5.74, 6) is 0. The molecule has 2 aromatic carbocycles. The van der Waals surface area contributed by atoms with Crippen LogP contribution >= 0.6 is 11.8 Å². The second kappa shape index (κ2) is 8.85. The van der Waals surface area contributed by atoms with Crippen LogP contribution in [0, 0.1) is 0 Å². The van der Waals surface area contributed by atoms with Gasteiger partial charge in [0.2, 0.25) is 10.0 Å². The molecule has 5 nitrogen and oxygen atoms in total. The lowest BCUT2D eigenvalue weighted by Crippen LogP contribution is -2.44. The van der Waals surface area contributed by atoms with E-state index < -0.39 is 82.6 Å². The molecule has 2 aliphatic rings. The Bertz CT molecular complexity index is 1670. The second-order valence-corrected chi connectivity index (χ2v) is 9.90. The quantitative estimate of drug-likeness (QED) is 0.587. The zero-order valence-electron chi connectivity index (χ0n) is 30.4. The lowest BCUT2D eigenvalue weighted by atomic mass is 9.96. The van der Waals surface area contributed by atoms with Crippen molar-refractivity contribution in [2.45, 2.75) is 21.1 Å². The molecule has 1 fully saturated rings. The molecular formula is C23H29N3O2S2. The summed E-state index contributed by atoms with van der Waals surface area (Å²) in [6.45, 7) is -5.74. The molecule has 1 saturated heterocycles. The highest BCUT2D eigenvalue weighted by Crippen LogP contribution is 2.46. The summed E-state index contributed by atoms with van der Waals surface area (Å²) in [4.78, 5) is 1.02. The molecule has 2 heterocycles. The molecule has 2 aliphatic heterocycles.